The molecule has 0 radical (unpaired) electrons. The van der Waals surface area contributed by atoms with Gasteiger partial charge in [0.2, 0.25) is 0 Å². The number of carbonyl (C=O) groups excluding carboxylic acids is 3. The summed E-state index contributed by atoms with van der Waals surface area (Å²) in [6.07, 6.45) is 0.105. The number of amides is 1. The van der Waals surface area contributed by atoms with Gasteiger partial charge in [0.15, 0.2) is 11.5 Å². The first-order chi connectivity index (χ1) is 13.9. The number of benzene rings is 2. The fourth-order valence-corrected chi connectivity index (χ4v) is 3.27. The van der Waals surface area contributed by atoms with E-state index in [1.165, 1.54) is 11.8 Å². The lowest BCUT2D eigenvalue weighted by atomic mass is 9.94. The average Bonchev–Trinajstić information content (AvgIpc) is 2.98. The van der Waals surface area contributed by atoms with E-state index >= 15 is 0 Å². The molecule has 3 rings (SSSR count). The fraction of sp³-hybridized carbons (Fsp3) is 0.182. The van der Waals surface area contributed by atoms with Crippen molar-refractivity contribution in [2.45, 2.75) is 26.3 Å². The quantitative estimate of drug-likeness (QED) is 0.619. The van der Waals surface area contributed by atoms with Crippen LogP contribution in [0.5, 0.6) is 5.75 Å². The van der Waals surface area contributed by atoms with Gasteiger partial charge in [-0.25, -0.2) is 0 Å². The second-order valence-electron chi connectivity index (χ2n) is 6.44. The molecule has 2 aromatic rings. The zero-order valence-electron chi connectivity index (χ0n) is 15.9. The van der Waals surface area contributed by atoms with E-state index in [1.807, 2.05) is 6.07 Å². The predicted octanol–water partition coefficient (Wildman–Crippen LogP) is 3.36. The smallest absolute Gasteiger partial charge is 0.308 e. The normalized spacial score (nSPS) is 16.0. The summed E-state index contributed by atoms with van der Waals surface area (Å²) in [7, 11) is 0. The minimum atomic E-state index is -0.890. The van der Waals surface area contributed by atoms with Gasteiger partial charge >= 0.3 is 5.97 Å². The van der Waals surface area contributed by atoms with Gasteiger partial charge < -0.3 is 9.84 Å². The number of hydrogen-bond donors (Lipinski definition) is 1. The van der Waals surface area contributed by atoms with E-state index in [0.717, 1.165) is 0 Å². The number of aliphatic hydroxyl groups is 1. The van der Waals surface area contributed by atoms with E-state index < -0.39 is 23.7 Å². The summed E-state index contributed by atoms with van der Waals surface area (Å²) in [4.78, 5) is 38.0. The average molecular weight is 390 g/mol. The number of anilines is 1. The van der Waals surface area contributed by atoms with Crippen LogP contribution in [0.25, 0.3) is 0 Å². The minimum Gasteiger partial charge on any atom is -0.503 e. The molecule has 1 amide bonds. The third-order valence-electron chi connectivity index (χ3n) is 4.54. The lowest BCUT2D eigenvalue weighted by Gasteiger charge is -2.27. The van der Waals surface area contributed by atoms with Crippen LogP contribution in [0.4, 0.5) is 5.69 Å². The first kappa shape index (κ1) is 19.8. The Hall–Kier alpha value is -3.92. The molecule has 0 bridgehead atoms. The van der Waals surface area contributed by atoms with Gasteiger partial charge in [0.1, 0.15) is 5.75 Å². The highest BCUT2D eigenvalue weighted by Gasteiger charge is 2.43. The molecule has 29 heavy (non-hydrogen) atoms. The van der Waals surface area contributed by atoms with Crippen molar-refractivity contribution in [2.24, 2.45) is 0 Å². The summed E-state index contributed by atoms with van der Waals surface area (Å²) in [5, 5.41) is 19.5. The van der Waals surface area contributed by atoms with Crippen LogP contribution in [0.3, 0.4) is 0 Å². The van der Waals surface area contributed by atoms with Gasteiger partial charge in [0.05, 0.1) is 23.2 Å². The Labute approximate surface area is 167 Å². The van der Waals surface area contributed by atoms with Crippen LogP contribution in [0, 0.1) is 11.3 Å². The van der Waals surface area contributed by atoms with Gasteiger partial charge in [-0.2, -0.15) is 5.26 Å². The molecule has 1 heterocycles. The highest BCUT2D eigenvalue weighted by Crippen LogP contribution is 2.42. The minimum absolute atomic E-state index is 0.0122. The van der Waals surface area contributed by atoms with Crippen molar-refractivity contribution in [2.75, 3.05) is 4.90 Å². The fourth-order valence-electron chi connectivity index (χ4n) is 3.27. The lowest BCUT2D eigenvalue weighted by Crippen LogP contribution is -2.31. The van der Waals surface area contributed by atoms with Crippen molar-refractivity contribution in [3.05, 3.63) is 71.0 Å². The van der Waals surface area contributed by atoms with E-state index in [9.17, 15) is 19.5 Å². The third kappa shape index (κ3) is 3.73. The SMILES string of the molecule is CCC(=O)C1=C(O)C(=O)N(c2ccc(C#N)cc2)C1c1cccc(OC(C)=O)c1. The Morgan fingerprint density at radius 3 is 2.48 bits per heavy atom. The molecule has 0 fully saturated rings. The molecule has 2 aromatic carbocycles. The molecule has 7 heteroatoms. The molecule has 0 spiro atoms. The molecular formula is C22H18N2O5. The van der Waals surface area contributed by atoms with E-state index in [4.69, 9.17) is 10.00 Å². The summed E-state index contributed by atoms with van der Waals surface area (Å²) >= 11 is 0. The number of rotatable bonds is 5. The van der Waals surface area contributed by atoms with Crippen LogP contribution in [0.15, 0.2) is 59.9 Å². The molecule has 0 saturated heterocycles. The maximum atomic E-state index is 12.9. The van der Waals surface area contributed by atoms with E-state index in [1.54, 1.807) is 55.5 Å². The maximum Gasteiger partial charge on any atom is 0.308 e. The Balaban J connectivity index is 2.15. The highest BCUT2D eigenvalue weighted by molar-refractivity contribution is 6.16. The van der Waals surface area contributed by atoms with Crippen molar-refractivity contribution in [3.63, 3.8) is 0 Å². The van der Waals surface area contributed by atoms with Gasteiger partial charge in [0.25, 0.3) is 5.91 Å². The molecule has 0 aliphatic carbocycles. The summed E-state index contributed by atoms with van der Waals surface area (Å²) in [5.74, 6) is -1.93. The summed E-state index contributed by atoms with van der Waals surface area (Å²) in [6, 6.07) is 13.8. The maximum absolute atomic E-state index is 12.9. The summed E-state index contributed by atoms with van der Waals surface area (Å²) in [5.41, 5.74) is 1.32. The highest BCUT2D eigenvalue weighted by atomic mass is 16.5. The van der Waals surface area contributed by atoms with Crippen molar-refractivity contribution < 1.29 is 24.2 Å². The van der Waals surface area contributed by atoms with Crippen molar-refractivity contribution in [1.82, 2.24) is 0 Å². The standard InChI is InChI=1S/C22H18N2O5/c1-3-18(26)19-20(15-5-4-6-17(11-15)29-13(2)25)24(22(28)21(19)27)16-9-7-14(12-23)8-10-16/h4-11,20,27H,3H2,1-2H3. The molecule has 1 atom stereocenters. The van der Waals surface area contributed by atoms with Gasteiger partial charge in [-0.15, -0.1) is 0 Å². The Morgan fingerprint density at radius 2 is 1.90 bits per heavy atom. The van der Waals surface area contributed by atoms with E-state index in [-0.39, 0.29) is 23.5 Å². The monoisotopic (exact) mass is 390 g/mol. The summed E-state index contributed by atoms with van der Waals surface area (Å²) in [6.45, 7) is 2.91. The number of Topliss-reactive ketones (excluding diaryl/α,β-unsaturated/α-hetero) is 1. The number of ether oxygens (including phenoxy) is 1. The number of ketones is 1. The zero-order chi connectivity index (χ0) is 21.1. The molecule has 0 aromatic heterocycles. The van der Waals surface area contributed by atoms with Crippen LogP contribution >= 0.6 is 0 Å². The lowest BCUT2D eigenvalue weighted by molar-refractivity contribution is -0.132. The van der Waals surface area contributed by atoms with Gasteiger partial charge in [-0.3, -0.25) is 19.3 Å². The summed E-state index contributed by atoms with van der Waals surface area (Å²) < 4.78 is 5.12. The largest absolute Gasteiger partial charge is 0.503 e. The van der Waals surface area contributed by atoms with Crippen molar-refractivity contribution in [1.29, 1.82) is 5.26 Å². The van der Waals surface area contributed by atoms with Crippen LogP contribution < -0.4 is 9.64 Å². The van der Waals surface area contributed by atoms with Crippen LogP contribution in [0.2, 0.25) is 0 Å². The molecule has 1 aliphatic heterocycles. The Bertz CT molecular complexity index is 1060. The predicted molar refractivity (Wildman–Crippen MR) is 104 cm³/mol. The molecule has 1 unspecified atom stereocenters. The molecule has 1 N–H and O–H groups in total. The van der Waals surface area contributed by atoms with Crippen molar-refractivity contribution in [3.8, 4) is 11.8 Å². The van der Waals surface area contributed by atoms with E-state index in [2.05, 4.69) is 0 Å². The number of nitriles is 1. The number of carbonyl (C=O) groups is 3. The molecular weight excluding hydrogens is 372 g/mol. The van der Waals surface area contributed by atoms with E-state index in [0.29, 0.717) is 16.8 Å². The van der Waals surface area contributed by atoms with Crippen LogP contribution in [-0.2, 0) is 14.4 Å². The van der Waals surface area contributed by atoms with Crippen LogP contribution in [0.1, 0.15) is 37.4 Å². The van der Waals surface area contributed by atoms with Crippen LogP contribution in [-0.4, -0.2) is 22.8 Å². The Morgan fingerprint density at radius 1 is 1.21 bits per heavy atom. The number of nitrogens with zero attached hydrogens (tertiary/aromatic N) is 2. The molecule has 7 nitrogen and oxygen atoms in total. The number of hydrogen-bond acceptors (Lipinski definition) is 6. The van der Waals surface area contributed by atoms with Gasteiger partial charge in [-0.1, -0.05) is 19.1 Å². The number of esters is 1. The molecule has 146 valence electrons. The molecule has 1 aliphatic rings. The number of aliphatic hydroxyl groups excluding tert-OH is 1. The second kappa shape index (κ2) is 7.98. The molecule has 0 saturated carbocycles. The van der Waals surface area contributed by atoms with Gasteiger partial charge in [-0.05, 0) is 42.0 Å². The zero-order valence-corrected chi connectivity index (χ0v) is 15.9. The second-order valence-corrected chi connectivity index (χ2v) is 6.44. The van der Waals surface area contributed by atoms with Crippen molar-refractivity contribution >= 4 is 23.3 Å². The van der Waals surface area contributed by atoms with Gasteiger partial charge in [0, 0.05) is 19.0 Å². The first-order valence-electron chi connectivity index (χ1n) is 8.95. The third-order valence-corrected chi connectivity index (χ3v) is 4.54. The topological polar surface area (TPSA) is 108 Å². The Kier molecular flexibility index (Phi) is 5.46. The first-order valence-corrected chi connectivity index (χ1v) is 8.95.